The van der Waals surface area contributed by atoms with Crippen LogP contribution in [0.2, 0.25) is 5.02 Å². The van der Waals surface area contributed by atoms with Gasteiger partial charge in [0.15, 0.2) is 0 Å². The molecule has 3 aromatic rings. The molecule has 1 aliphatic heterocycles. The van der Waals surface area contributed by atoms with Crippen molar-refractivity contribution in [1.82, 2.24) is 0 Å². The number of hydrogen-bond acceptors (Lipinski definition) is 4. The van der Waals surface area contributed by atoms with E-state index in [1.165, 1.54) is 35.2 Å². The Morgan fingerprint density at radius 2 is 1.66 bits per heavy atom. The molecule has 0 saturated heterocycles. The van der Waals surface area contributed by atoms with E-state index in [9.17, 15) is 23.1 Å². The Kier molecular flexibility index (Phi) is 4.64. The molecule has 0 spiro atoms. The van der Waals surface area contributed by atoms with Crippen LogP contribution in [-0.2, 0) is 16.4 Å². The summed E-state index contributed by atoms with van der Waals surface area (Å²) in [4.78, 5) is 25.9. The SMILES string of the molecule is O=C(O)c1ccc2c(c1)N(Cc1ccc(Cl)cc1)C(=O)c1ccccc1S2(=O)=O. The fourth-order valence-electron chi connectivity index (χ4n) is 3.27. The molecule has 1 heterocycles. The van der Waals surface area contributed by atoms with Gasteiger partial charge in [0.1, 0.15) is 0 Å². The van der Waals surface area contributed by atoms with Crippen molar-refractivity contribution in [2.75, 3.05) is 4.90 Å². The minimum atomic E-state index is -4.02. The van der Waals surface area contributed by atoms with E-state index in [-0.39, 0.29) is 33.2 Å². The lowest BCUT2D eigenvalue weighted by Crippen LogP contribution is -2.30. The first kappa shape index (κ1) is 19.2. The molecule has 0 aliphatic carbocycles. The van der Waals surface area contributed by atoms with Crippen LogP contribution in [0.1, 0.15) is 26.3 Å². The number of benzene rings is 3. The lowest BCUT2D eigenvalue weighted by Gasteiger charge is -2.23. The van der Waals surface area contributed by atoms with Gasteiger partial charge >= 0.3 is 5.97 Å². The molecular weight excluding hydrogens is 414 g/mol. The Balaban J connectivity index is 1.98. The first-order valence-corrected chi connectivity index (χ1v) is 10.4. The van der Waals surface area contributed by atoms with Crippen LogP contribution in [0, 0.1) is 0 Å². The summed E-state index contributed by atoms with van der Waals surface area (Å²) in [5.41, 5.74) is 0.667. The van der Waals surface area contributed by atoms with Crippen LogP contribution in [0.4, 0.5) is 5.69 Å². The van der Waals surface area contributed by atoms with Crippen LogP contribution in [0.15, 0.2) is 76.5 Å². The van der Waals surface area contributed by atoms with Gasteiger partial charge in [-0.1, -0.05) is 35.9 Å². The van der Waals surface area contributed by atoms with Crippen molar-refractivity contribution in [3.8, 4) is 0 Å². The average Bonchev–Trinajstić information content (AvgIpc) is 2.78. The molecule has 0 bridgehead atoms. The van der Waals surface area contributed by atoms with E-state index in [1.807, 2.05) is 0 Å². The molecule has 0 aromatic heterocycles. The summed E-state index contributed by atoms with van der Waals surface area (Å²) in [5.74, 6) is -1.74. The minimum absolute atomic E-state index is 0.0288. The van der Waals surface area contributed by atoms with Gasteiger partial charge in [0.2, 0.25) is 9.84 Å². The Labute approximate surface area is 171 Å². The van der Waals surface area contributed by atoms with E-state index < -0.39 is 21.7 Å². The number of nitrogens with zero attached hydrogens (tertiary/aromatic N) is 1. The highest BCUT2D eigenvalue weighted by Gasteiger charge is 2.36. The molecule has 146 valence electrons. The number of hydrogen-bond donors (Lipinski definition) is 1. The van der Waals surface area contributed by atoms with E-state index >= 15 is 0 Å². The molecule has 6 nitrogen and oxygen atoms in total. The third kappa shape index (κ3) is 3.28. The second-order valence-electron chi connectivity index (χ2n) is 6.51. The molecule has 0 atom stereocenters. The van der Waals surface area contributed by atoms with E-state index in [0.29, 0.717) is 10.6 Å². The highest BCUT2D eigenvalue weighted by molar-refractivity contribution is 7.91. The van der Waals surface area contributed by atoms with Crippen LogP contribution < -0.4 is 4.90 Å². The van der Waals surface area contributed by atoms with Gasteiger partial charge in [-0.3, -0.25) is 4.79 Å². The van der Waals surface area contributed by atoms with E-state index in [1.54, 1.807) is 36.4 Å². The van der Waals surface area contributed by atoms with Crippen molar-refractivity contribution >= 4 is 39.0 Å². The molecule has 0 fully saturated rings. The topological polar surface area (TPSA) is 91.8 Å². The highest BCUT2D eigenvalue weighted by Crippen LogP contribution is 2.38. The van der Waals surface area contributed by atoms with Gasteiger partial charge in [-0.05, 0) is 48.0 Å². The van der Waals surface area contributed by atoms with Crippen LogP contribution in [0.25, 0.3) is 0 Å². The number of carbonyl (C=O) groups is 2. The summed E-state index contributed by atoms with van der Waals surface area (Å²) in [5, 5.41) is 9.89. The second kappa shape index (κ2) is 7.02. The maximum Gasteiger partial charge on any atom is 0.335 e. The molecule has 0 radical (unpaired) electrons. The first-order chi connectivity index (χ1) is 13.8. The van der Waals surface area contributed by atoms with Gasteiger partial charge in [0.05, 0.1) is 33.2 Å². The van der Waals surface area contributed by atoms with Gasteiger partial charge in [0, 0.05) is 5.02 Å². The van der Waals surface area contributed by atoms with Crippen molar-refractivity contribution in [3.05, 3.63) is 88.4 Å². The predicted octanol–water partition coefficient (Wildman–Crippen LogP) is 4.03. The van der Waals surface area contributed by atoms with Gasteiger partial charge in [-0.25, -0.2) is 13.2 Å². The summed E-state index contributed by atoms with van der Waals surface area (Å²) in [6, 6.07) is 16.4. The summed E-state index contributed by atoms with van der Waals surface area (Å²) < 4.78 is 26.5. The second-order valence-corrected chi connectivity index (χ2v) is 8.83. The molecule has 0 unspecified atom stereocenters. The maximum atomic E-state index is 13.3. The van der Waals surface area contributed by atoms with Crippen LogP contribution in [0.3, 0.4) is 0 Å². The fraction of sp³-hybridized carbons (Fsp3) is 0.0476. The number of carbonyl (C=O) groups excluding carboxylic acids is 1. The van der Waals surface area contributed by atoms with Gasteiger partial charge < -0.3 is 10.0 Å². The third-order valence-electron chi connectivity index (χ3n) is 4.69. The van der Waals surface area contributed by atoms with Crippen molar-refractivity contribution in [3.63, 3.8) is 0 Å². The van der Waals surface area contributed by atoms with Crippen molar-refractivity contribution in [2.24, 2.45) is 0 Å². The summed E-state index contributed by atoms with van der Waals surface area (Å²) >= 11 is 5.93. The number of carboxylic acids is 1. The third-order valence-corrected chi connectivity index (χ3v) is 6.80. The smallest absolute Gasteiger partial charge is 0.335 e. The summed E-state index contributed by atoms with van der Waals surface area (Å²) in [6.07, 6.45) is 0. The largest absolute Gasteiger partial charge is 0.478 e. The number of carboxylic acid groups (broad SMARTS) is 1. The molecule has 29 heavy (non-hydrogen) atoms. The number of rotatable bonds is 3. The van der Waals surface area contributed by atoms with Crippen LogP contribution in [-0.4, -0.2) is 25.4 Å². The van der Waals surface area contributed by atoms with E-state index in [4.69, 9.17) is 11.6 Å². The molecule has 3 aromatic carbocycles. The fourth-order valence-corrected chi connectivity index (χ4v) is 5.03. The number of sulfone groups is 1. The molecular formula is C21H14ClNO5S. The van der Waals surface area contributed by atoms with Gasteiger partial charge in [-0.2, -0.15) is 0 Å². The molecule has 1 N–H and O–H groups in total. The van der Waals surface area contributed by atoms with Gasteiger partial charge in [0.25, 0.3) is 5.91 Å². The number of amides is 1. The molecule has 4 rings (SSSR count). The predicted molar refractivity (Wildman–Crippen MR) is 107 cm³/mol. The zero-order valence-corrected chi connectivity index (χ0v) is 16.4. The number of aromatic carboxylic acids is 1. The molecule has 0 saturated carbocycles. The standard InChI is InChI=1S/C21H14ClNO5S/c22-15-8-5-13(6-9-15)12-23-17-11-14(21(25)26)7-10-19(17)29(27,28)18-4-2-1-3-16(18)20(23)24/h1-11H,12H2,(H,25,26). The monoisotopic (exact) mass is 427 g/mol. The zero-order valence-electron chi connectivity index (χ0n) is 14.9. The lowest BCUT2D eigenvalue weighted by molar-refractivity contribution is 0.0696. The van der Waals surface area contributed by atoms with Crippen molar-refractivity contribution in [1.29, 1.82) is 0 Å². The quantitative estimate of drug-likeness (QED) is 0.681. The zero-order chi connectivity index (χ0) is 20.8. The lowest BCUT2D eigenvalue weighted by atomic mass is 10.1. The van der Waals surface area contributed by atoms with Crippen molar-refractivity contribution in [2.45, 2.75) is 16.3 Å². The van der Waals surface area contributed by atoms with Gasteiger partial charge in [-0.15, -0.1) is 0 Å². The normalized spacial score (nSPS) is 14.7. The maximum absolute atomic E-state index is 13.3. The molecule has 1 amide bonds. The average molecular weight is 428 g/mol. The Morgan fingerprint density at radius 1 is 0.966 bits per heavy atom. The number of halogens is 1. The number of anilines is 1. The van der Waals surface area contributed by atoms with Crippen LogP contribution >= 0.6 is 11.6 Å². The first-order valence-electron chi connectivity index (χ1n) is 8.57. The van der Waals surface area contributed by atoms with E-state index in [2.05, 4.69) is 0 Å². The molecule has 1 aliphatic rings. The Bertz CT molecular complexity index is 1250. The number of fused-ring (bicyclic) bond motifs is 2. The Hall–Kier alpha value is -3.16. The Morgan fingerprint density at radius 3 is 2.34 bits per heavy atom. The summed E-state index contributed by atoms with van der Waals surface area (Å²) in [6.45, 7) is 0.0515. The summed E-state index contributed by atoms with van der Waals surface area (Å²) in [7, 11) is -4.02. The molecule has 8 heteroatoms. The van der Waals surface area contributed by atoms with Crippen molar-refractivity contribution < 1.29 is 23.1 Å². The van der Waals surface area contributed by atoms with E-state index in [0.717, 1.165) is 0 Å². The minimum Gasteiger partial charge on any atom is -0.478 e. The van der Waals surface area contributed by atoms with Crippen LogP contribution in [0.5, 0.6) is 0 Å². The highest BCUT2D eigenvalue weighted by atomic mass is 35.5.